The maximum absolute atomic E-state index is 9.97. The minimum atomic E-state index is -0.353. The molecule has 66 valence electrons. The fourth-order valence-corrected chi connectivity index (χ4v) is 1.77. The molecule has 11 heavy (non-hydrogen) atoms. The van der Waals surface area contributed by atoms with E-state index in [0.717, 1.165) is 6.42 Å². The van der Waals surface area contributed by atoms with E-state index in [2.05, 4.69) is 6.92 Å². The molecule has 0 saturated heterocycles. The van der Waals surface area contributed by atoms with Crippen LogP contribution in [0.1, 0.15) is 52.4 Å². The van der Waals surface area contributed by atoms with Crippen molar-refractivity contribution < 1.29 is 5.11 Å². The van der Waals surface area contributed by atoms with Gasteiger partial charge in [0.15, 0.2) is 0 Å². The summed E-state index contributed by atoms with van der Waals surface area (Å²) in [4.78, 5) is 0. The van der Waals surface area contributed by atoms with E-state index in [1.807, 2.05) is 6.92 Å². The molecule has 1 heteroatoms. The van der Waals surface area contributed by atoms with Crippen LogP contribution in [-0.2, 0) is 0 Å². The molecule has 0 aliphatic heterocycles. The Morgan fingerprint density at radius 1 is 1.45 bits per heavy atom. The highest BCUT2D eigenvalue weighted by Gasteiger charge is 2.34. The molecule has 0 aromatic rings. The van der Waals surface area contributed by atoms with Crippen LogP contribution >= 0.6 is 0 Å². The van der Waals surface area contributed by atoms with Gasteiger partial charge in [-0.05, 0) is 32.1 Å². The summed E-state index contributed by atoms with van der Waals surface area (Å²) in [5.74, 6) is 0.606. The lowest BCUT2D eigenvalue weighted by Gasteiger charge is -2.39. The first-order chi connectivity index (χ1) is 5.17. The molecule has 0 aromatic heterocycles. The number of hydrogen-bond acceptors (Lipinski definition) is 1. The lowest BCUT2D eigenvalue weighted by molar-refractivity contribution is -0.0424. The van der Waals surface area contributed by atoms with Crippen LogP contribution in [0.3, 0.4) is 0 Å². The molecule has 1 rings (SSSR count). The largest absolute Gasteiger partial charge is 0.390 e. The van der Waals surface area contributed by atoms with Gasteiger partial charge in [-0.3, -0.25) is 0 Å². The third kappa shape index (κ3) is 2.19. The average Bonchev–Trinajstić information content (AvgIpc) is 1.78. The van der Waals surface area contributed by atoms with Crippen molar-refractivity contribution in [2.45, 2.75) is 58.0 Å². The summed E-state index contributed by atoms with van der Waals surface area (Å²) < 4.78 is 0. The van der Waals surface area contributed by atoms with Crippen molar-refractivity contribution in [1.82, 2.24) is 0 Å². The molecule has 0 heterocycles. The molecule has 1 atom stereocenters. The zero-order valence-electron chi connectivity index (χ0n) is 7.77. The molecule has 1 aliphatic rings. The zero-order chi connectivity index (χ0) is 8.32. The lowest BCUT2D eigenvalue weighted by Crippen LogP contribution is -2.38. The highest BCUT2D eigenvalue weighted by atomic mass is 16.3. The quantitative estimate of drug-likeness (QED) is 0.663. The highest BCUT2D eigenvalue weighted by Crippen LogP contribution is 2.38. The summed E-state index contributed by atoms with van der Waals surface area (Å²) in [7, 11) is 0. The Balaban J connectivity index is 2.25. The van der Waals surface area contributed by atoms with E-state index >= 15 is 0 Å². The summed E-state index contributed by atoms with van der Waals surface area (Å²) >= 11 is 0. The molecule has 1 nitrogen and oxygen atoms in total. The van der Waals surface area contributed by atoms with Crippen LogP contribution in [-0.4, -0.2) is 10.7 Å². The van der Waals surface area contributed by atoms with E-state index in [4.69, 9.17) is 0 Å². The fraction of sp³-hybridized carbons (Fsp3) is 1.00. The molecule has 0 radical (unpaired) electrons. The van der Waals surface area contributed by atoms with Crippen LogP contribution in [0.5, 0.6) is 0 Å². The van der Waals surface area contributed by atoms with E-state index < -0.39 is 0 Å². The topological polar surface area (TPSA) is 20.2 Å². The van der Waals surface area contributed by atoms with Crippen LogP contribution in [0.4, 0.5) is 0 Å². The van der Waals surface area contributed by atoms with Gasteiger partial charge in [0.2, 0.25) is 0 Å². The summed E-state index contributed by atoms with van der Waals surface area (Å²) in [5.41, 5.74) is -0.353. The summed E-state index contributed by atoms with van der Waals surface area (Å²) in [6.07, 6.45) is 7.18. The monoisotopic (exact) mass is 156 g/mol. The van der Waals surface area contributed by atoms with Gasteiger partial charge >= 0.3 is 0 Å². The second-order valence-corrected chi connectivity index (χ2v) is 4.09. The maximum Gasteiger partial charge on any atom is 0.0647 e. The van der Waals surface area contributed by atoms with Gasteiger partial charge in [-0.25, -0.2) is 0 Å². The summed E-state index contributed by atoms with van der Waals surface area (Å²) in [6, 6.07) is 0. The lowest BCUT2D eigenvalue weighted by atomic mass is 9.72. The Labute approximate surface area is 69.8 Å². The number of unbranched alkanes of at least 4 members (excludes halogenated alkanes) is 1. The Morgan fingerprint density at radius 2 is 2.09 bits per heavy atom. The van der Waals surface area contributed by atoms with Gasteiger partial charge in [-0.2, -0.15) is 0 Å². The fourth-order valence-electron chi connectivity index (χ4n) is 1.77. The predicted octanol–water partition coefficient (Wildman–Crippen LogP) is 2.73. The summed E-state index contributed by atoms with van der Waals surface area (Å²) in [5, 5.41) is 9.97. The molecule has 0 spiro atoms. The first-order valence-corrected chi connectivity index (χ1v) is 4.89. The van der Waals surface area contributed by atoms with Crippen LogP contribution in [0, 0.1) is 5.92 Å². The van der Waals surface area contributed by atoms with Gasteiger partial charge < -0.3 is 5.11 Å². The van der Waals surface area contributed by atoms with Crippen molar-refractivity contribution >= 4 is 0 Å². The second kappa shape index (κ2) is 3.57. The molecule has 1 N–H and O–H groups in total. The van der Waals surface area contributed by atoms with Crippen LogP contribution in [0.2, 0.25) is 0 Å². The van der Waals surface area contributed by atoms with Gasteiger partial charge in [0.05, 0.1) is 5.60 Å². The second-order valence-electron chi connectivity index (χ2n) is 4.09. The first-order valence-electron chi connectivity index (χ1n) is 4.89. The van der Waals surface area contributed by atoms with Crippen LogP contribution in [0.25, 0.3) is 0 Å². The molecule has 0 amide bonds. The number of hydrogen-bond donors (Lipinski definition) is 1. The van der Waals surface area contributed by atoms with Crippen molar-refractivity contribution in [2.75, 3.05) is 0 Å². The smallest absolute Gasteiger partial charge is 0.0647 e. The Kier molecular flexibility index (Phi) is 2.94. The molecule has 1 fully saturated rings. The van der Waals surface area contributed by atoms with Crippen LogP contribution in [0.15, 0.2) is 0 Å². The minimum Gasteiger partial charge on any atom is -0.390 e. The molecule has 1 unspecified atom stereocenters. The van der Waals surface area contributed by atoms with Crippen LogP contribution < -0.4 is 0 Å². The van der Waals surface area contributed by atoms with Gasteiger partial charge in [0.25, 0.3) is 0 Å². The van der Waals surface area contributed by atoms with Crippen molar-refractivity contribution in [2.24, 2.45) is 5.92 Å². The first kappa shape index (κ1) is 9.05. The van der Waals surface area contributed by atoms with Crippen molar-refractivity contribution in [1.29, 1.82) is 0 Å². The van der Waals surface area contributed by atoms with Gasteiger partial charge in [-0.1, -0.05) is 26.2 Å². The Hall–Kier alpha value is -0.0400. The number of rotatable bonds is 4. The molecule has 1 saturated carbocycles. The maximum atomic E-state index is 9.97. The van der Waals surface area contributed by atoms with E-state index in [1.165, 1.54) is 32.1 Å². The van der Waals surface area contributed by atoms with Gasteiger partial charge in [0.1, 0.15) is 0 Å². The Bertz CT molecular complexity index is 114. The molecule has 0 aromatic carbocycles. The SMILES string of the molecule is CCCCC(C)(O)C1CCC1. The highest BCUT2D eigenvalue weighted by molar-refractivity contribution is 4.87. The Morgan fingerprint density at radius 3 is 2.45 bits per heavy atom. The van der Waals surface area contributed by atoms with E-state index in [9.17, 15) is 5.11 Å². The average molecular weight is 156 g/mol. The van der Waals surface area contributed by atoms with Crippen molar-refractivity contribution in [3.63, 3.8) is 0 Å². The third-order valence-electron chi connectivity index (χ3n) is 3.02. The summed E-state index contributed by atoms with van der Waals surface area (Å²) in [6.45, 7) is 4.18. The van der Waals surface area contributed by atoms with E-state index in [-0.39, 0.29) is 5.60 Å². The number of aliphatic hydroxyl groups is 1. The van der Waals surface area contributed by atoms with Crippen molar-refractivity contribution in [3.05, 3.63) is 0 Å². The van der Waals surface area contributed by atoms with E-state index in [0.29, 0.717) is 5.92 Å². The molecule has 1 aliphatic carbocycles. The van der Waals surface area contributed by atoms with Gasteiger partial charge in [0, 0.05) is 0 Å². The third-order valence-corrected chi connectivity index (χ3v) is 3.02. The minimum absolute atomic E-state index is 0.353. The predicted molar refractivity (Wildman–Crippen MR) is 47.5 cm³/mol. The van der Waals surface area contributed by atoms with E-state index in [1.54, 1.807) is 0 Å². The normalized spacial score (nSPS) is 24.3. The molecular formula is C10H20O. The molecular weight excluding hydrogens is 136 g/mol. The van der Waals surface area contributed by atoms with Gasteiger partial charge in [-0.15, -0.1) is 0 Å². The molecule has 0 bridgehead atoms. The zero-order valence-corrected chi connectivity index (χ0v) is 7.77. The standard InChI is InChI=1S/C10H20O/c1-3-4-8-10(2,11)9-6-5-7-9/h9,11H,3-8H2,1-2H3. The van der Waals surface area contributed by atoms with Crippen molar-refractivity contribution in [3.8, 4) is 0 Å².